The van der Waals surface area contributed by atoms with E-state index in [2.05, 4.69) is 26.0 Å². The second kappa shape index (κ2) is 6.30. The zero-order valence-corrected chi connectivity index (χ0v) is 12.7. The summed E-state index contributed by atoms with van der Waals surface area (Å²) in [5.74, 6) is -0.472. The molecule has 1 fully saturated rings. The Hall–Kier alpha value is -0.500. The van der Waals surface area contributed by atoms with Gasteiger partial charge in [0.05, 0.1) is 4.90 Å². The second-order valence-corrected chi connectivity index (χ2v) is 7.16. The molecular formula is C12H16BrFN2O2S. The molecule has 0 aromatic heterocycles. The van der Waals surface area contributed by atoms with E-state index in [9.17, 15) is 12.8 Å². The molecule has 4 nitrogen and oxygen atoms in total. The van der Waals surface area contributed by atoms with Crippen molar-refractivity contribution < 1.29 is 12.8 Å². The lowest BCUT2D eigenvalue weighted by atomic mass is 10.1. The molecule has 19 heavy (non-hydrogen) atoms. The minimum Gasteiger partial charge on any atom is -0.313 e. The van der Waals surface area contributed by atoms with E-state index < -0.39 is 15.8 Å². The van der Waals surface area contributed by atoms with Gasteiger partial charge in [-0.2, -0.15) is 0 Å². The lowest BCUT2D eigenvalue weighted by Crippen LogP contribution is -2.43. The molecule has 0 saturated carbocycles. The van der Waals surface area contributed by atoms with E-state index in [-0.39, 0.29) is 15.4 Å². The molecule has 0 aliphatic carbocycles. The highest BCUT2D eigenvalue weighted by atomic mass is 79.9. The van der Waals surface area contributed by atoms with Crippen LogP contribution in [0.4, 0.5) is 4.39 Å². The summed E-state index contributed by atoms with van der Waals surface area (Å²) in [6.07, 6.45) is 3.21. The van der Waals surface area contributed by atoms with Crippen molar-refractivity contribution in [2.24, 2.45) is 0 Å². The van der Waals surface area contributed by atoms with Crippen molar-refractivity contribution in [3.8, 4) is 0 Å². The smallest absolute Gasteiger partial charge is 0.241 e. The van der Waals surface area contributed by atoms with Crippen LogP contribution in [0, 0.1) is 5.82 Å². The molecule has 0 radical (unpaired) electrons. The Morgan fingerprint density at radius 2 is 2.21 bits per heavy atom. The van der Waals surface area contributed by atoms with E-state index >= 15 is 0 Å². The maximum atomic E-state index is 13.0. The molecule has 1 atom stereocenters. The highest BCUT2D eigenvalue weighted by Crippen LogP contribution is 2.22. The molecule has 106 valence electrons. The van der Waals surface area contributed by atoms with Crippen LogP contribution in [0.2, 0.25) is 0 Å². The predicted molar refractivity (Wildman–Crippen MR) is 74.9 cm³/mol. The van der Waals surface area contributed by atoms with Crippen molar-refractivity contribution in [1.82, 2.24) is 10.0 Å². The van der Waals surface area contributed by atoms with Gasteiger partial charge in [-0.1, -0.05) is 6.42 Å². The van der Waals surface area contributed by atoms with Crippen molar-refractivity contribution >= 4 is 26.0 Å². The van der Waals surface area contributed by atoms with Crippen molar-refractivity contribution in [2.45, 2.75) is 30.2 Å². The van der Waals surface area contributed by atoms with Crippen LogP contribution >= 0.6 is 15.9 Å². The molecule has 7 heteroatoms. The molecule has 2 N–H and O–H groups in total. The van der Waals surface area contributed by atoms with Crippen LogP contribution in [-0.4, -0.2) is 27.5 Å². The van der Waals surface area contributed by atoms with E-state index in [4.69, 9.17) is 0 Å². The summed E-state index contributed by atoms with van der Waals surface area (Å²) >= 11 is 3.07. The highest BCUT2D eigenvalue weighted by Gasteiger charge is 2.20. The van der Waals surface area contributed by atoms with Gasteiger partial charge in [-0.05, 0) is 53.5 Å². The molecule has 1 aromatic carbocycles. The van der Waals surface area contributed by atoms with E-state index in [0.29, 0.717) is 6.54 Å². The fraction of sp³-hybridized carbons (Fsp3) is 0.500. The first kappa shape index (κ1) is 14.9. The number of hydrogen-bond donors (Lipinski definition) is 2. The van der Waals surface area contributed by atoms with E-state index in [1.165, 1.54) is 6.07 Å². The Bertz CT molecular complexity index is 545. The Kier molecular flexibility index (Phi) is 4.94. The molecule has 0 unspecified atom stereocenters. The zero-order chi connectivity index (χ0) is 13.9. The monoisotopic (exact) mass is 350 g/mol. The minimum atomic E-state index is -3.61. The van der Waals surface area contributed by atoms with Crippen LogP contribution in [0.25, 0.3) is 0 Å². The van der Waals surface area contributed by atoms with Gasteiger partial charge in [-0.3, -0.25) is 0 Å². The summed E-state index contributed by atoms with van der Waals surface area (Å²) in [5, 5.41) is 3.27. The van der Waals surface area contributed by atoms with E-state index in [0.717, 1.165) is 37.9 Å². The number of rotatable bonds is 4. The quantitative estimate of drug-likeness (QED) is 0.873. The molecule has 1 aliphatic heterocycles. The molecule has 0 spiro atoms. The standard InChI is InChI=1S/C12H16BrFN2O2S/c13-11-7-9(14)4-5-12(11)19(17,18)16-8-10-3-1-2-6-15-10/h4-5,7,10,15-16H,1-3,6,8H2/t10-/m0/s1. The summed E-state index contributed by atoms with van der Waals surface area (Å²) in [6, 6.07) is 3.71. The molecule has 1 saturated heterocycles. The number of halogens is 2. The average Bonchev–Trinajstić information content (AvgIpc) is 2.37. The fourth-order valence-electron chi connectivity index (χ4n) is 2.08. The molecule has 1 aromatic rings. The summed E-state index contributed by atoms with van der Waals surface area (Å²) in [4.78, 5) is 0.0599. The third kappa shape index (κ3) is 3.98. The normalized spacial score (nSPS) is 20.4. The summed E-state index contributed by atoms with van der Waals surface area (Å²) < 4.78 is 40.0. The highest BCUT2D eigenvalue weighted by molar-refractivity contribution is 9.10. The van der Waals surface area contributed by atoms with Crippen molar-refractivity contribution in [2.75, 3.05) is 13.1 Å². The lowest BCUT2D eigenvalue weighted by molar-refractivity contribution is 0.398. The first-order chi connectivity index (χ1) is 8.99. The molecular weight excluding hydrogens is 335 g/mol. The first-order valence-corrected chi connectivity index (χ1v) is 8.45. The second-order valence-electron chi connectivity index (χ2n) is 4.57. The molecule has 1 heterocycles. The third-order valence-corrected chi connectivity index (χ3v) is 5.52. The van der Waals surface area contributed by atoms with Crippen LogP contribution in [0.5, 0.6) is 0 Å². The minimum absolute atomic E-state index is 0.0599. The fourth-order valence-corrected chi connectivity index (χ4v) is 4.21. The summed E-state index contributed by atoms with van der Waals surface area (Å²) in [6.45, 7) is 1.28. The number of piperidine rings is 1. The number of benzene rings is 1. The number of sulfonamides is 1. The van der Waals surface area contributed by atoms with Gasteiger partial charge >= 0.3 is 0 Å². The van der Waals surface area contributed by atoms with Crippen LogP contribution in [0.3, 0.4) is 0 Å². The van der Waals surface area contributed by atoms with Crippen LogP contribution < -0.4 is 10.0 Å². The molecule has 1 aliphatic rings. The SMILES string of the molecule is O=S(=O)(NC[C@@H]1CCCCN1)c1ccc(F)cc1Br. The van der Waals surface area contributed by atoms with Crippen LogP contribution in [-0.2, 0) is 10.0 Å². The Balaban J connectivity index is 2.05. The predicted octanol–water partition coefficient (Wildman–Crippen LogP) is 2.01. The van der Waals surface area contributed by atoms with E-state index in [1.54, 1.807) is 0 Å². The zero-order valence-electron chi connectivity index (χ0n) is 10.3. The molecule has 2 rings (SSSR count). The summed E-state index contributed by atoms with van der Waals surface area (Å²) in [7, 11) is -3.61. The average molecular weight is 351 g/mol. The van der Waals surface area contributed by atoms with Gasteiger partial charge in [0, 0.05) is 17.1 Å². The third-order valence-electron chi connectivity index (χ3n) is 3.12. The Labute approximate surface area is 121 Å². The van der Waals surface area contributed by atoms with Gasteiger partial charge in [0.2, 0.25) is 10.0 Å². The van der Waals surface area contributed by atoms with Gasteiger partial charge < -0.3 is 5.32 Å². The first-order valence-electron chi connectivity index (χ1n) is 6.17. The van der Waals surface area contributed by atoms with Gasteiger partial charge in [-0.25, -0.2) is 17.5 Å². The van der Waals surface area contributed by atoms with Gasteiger partial charge in [0.25, 0.3) is 0 Å². The van der Waals surface area contributed by atoms with Crippen LogP contribution in [0.1, 0.15) is 19.3 Å². The van der Waals surface area contributed by atoms with Gasteiger partial charge in [-0.15, -0.1) is 0 Å². The van der Waals surface area contributed by atoms with Crippen molar-refractivity contribution in [1.29, 1.82) is 0 Å². The van der Waals surface area contributed by atoms with Gasteiger partial charge in [0.15, 0.2) is 0 Å². The maximum Gasteiger partial charge on any atom is 0.241 e. The lowest BCUT2D eigenvalue weighted by Gasteiger charge is -2.23. The van der Waals surface area contributed by atoms with Crippen molar-refractivity contribution in [3.63, 3.8) is 0 Å². The topological polar surface area (TPSA) is 58.2 Å². The van der Waals surface area contributed by atoms with Gasteiger partial charge in [0.1, 0.15) is 5.82 Å². The van der Waals surface area contributed by atoms with Crippen LogP contribution in [0.15, 0.2) is 27.6 Å². The Morgan fingerprint density at radius 1 is 1.42 bits per heavy atom. The largest absolute Gasteiger partial charge is 0.313 e. The number of nitrogens with one attached hydrogen (secondary N) is 2. The van der Waals surface area contributed by atoms with E-state index in [1.807, 2.05) is 0 Å². The van der Waals surface area contributed by atoms with Crippen molar-refractivity contribution in [3.05, 3.63) is 28.5 Å². The number of hydrogen-bond acceptors (Lipinski definition) is 3. The molecule has 0 bridgehead atoms. The molecule has 0 amide bonds. The Morgan fingerprint density at radius 3 is 2.84 bits per heavy atom. The maximum absolute atomic E-state index is 13.0. The summed E-state index contributed by atoms with van der Waals surface area (Å²) in [5.41, 5.74) is 0.